The molecule has 0 aliphatic carbocycles. The number of ether oxygens (including phenoxy) is 1. The lowest BCUT2D eigenvalue weighted by Gasteiger charge is -2.30. The van der Waals surface area contributed by atoms with Gasteiger partial charge in [0.2, 0.25) is 0 Å². The van der Waals surface area contributed by atoms with E-state index in [0.717, 1.165) is 12.4 Å². The molecule has 1 saturated heterocycles. The minimum Gasteiger partial charge on any atom is -0.377 e. The zero-order valence-corrected chi connectivity index (χ0v) is 12.3. The highest BCUT2D eigenvalue weighted by molar-refractivity contribution is 5.50. The van der Waals surface area contributed by atoms with E-state index in [-0.39, 0.29) is 17.5 Å². The lowest BCUT2D eigenvalue weighted by molar-refractivity contribution is 0.0956. The summed E-state index contributed by atoms with van der Waals surface area (Å²) in [5, 5.41) is 0. The Kier molecular flexibility index (Phi) is 3.36. The van der Waals surface area contributed by atoms with E-state index in [1.807, 2.05) is 6.07 Å². The number of fused-ring (bicyclic) bond motifs is 3. The van der Waals surface area contributed by atoms with Gasteiger partial charge in [0.15, 0.2) is 0 Å². The first-order chi connectivity index (χ1) is 11.2. The van der Waals surface area contributed by atoms with Crippen molar-refractivity contribution in [2.45, 2.75) is 12.6 Å². The number of benzene rings is 1. The maximum absolute atomic E-state index is 13.2. The molecule has 6 heteroatoms. The molecule has 2 aliphatic rings. The van der Waals surface area contributed by atoms with Crippen molar-refractivity contribution in [3.05, 3.63) is 57.9 Å². The Labute approximate surface area is 132 Å². The fraction of sp³-hybridized carbons (Fsp3) is 0.294. The van der Waals surface area contributed by atoms with Gasteiger partial charge in [-0.15, -0.1) is 0 Å². The van der Waals surface area contributed by atoms with Crippen LogP contribution < -0.4 is 10.6 Å². The molecule has 5 nitrogen and oxygen atoms in total. The number of morpholine rings is 1. The first kappa shape index (κ1) is 14.0. The van der Waals surface area contributed by atoms with E-state index in [1.54, 1.807) is 16.7 Å². The van der Waals surface area contributed by atoms with Gasteiger partial charge in [0.25, 0.3) is 0 Å². The average Bonchev–Trinajstić information content (AvgIpc) is 2.93. The lowest BCUT2D eigenvalue weighted by atomic mass is 10.2. The fourth-order valence-corrected chi connectivity index (χ4v) is 2.99. The van der Waals surface area contributed by atoms with Crippen molar-refractivity contribution < 1.29 is 9.13 Å². The second kappa shape index (κ2) is 5.52. The van der Waals surface area contributed by atoms with Gasteiger partial charge in [-0.2, -0.15) is 4.98 Å². The monoisotopic (exact) mass is 311 g/mol. The quantitative estimate of drug-likeness (QED) is 0.681. The first-order valence-electron chi connectivity index (χ1n) is 7.44. The fourth-order valence-electron chi connectivity index (χ4n) is 2.99. The zero-order valence-electron chi connectivity index (χ0n) is 12.3. The summed E-state index contributed by atoms with van der Waals surface area (Å²) in [6, 6.07) is 8.04. The Morgan fingerprint density at radius 1 is 1.30 bits per heavy atom. The summed E-state index contributed by atoms with van der Waals surface area (Å²) in [6.45, 7) is 2.62. The molecule has 1 unspecified atom stereocenters. The van der Waals surface area contributed by atoms with Crippen LogP contribution in [0.3, 0.4) is 0 Å². The molecule has 23 heavy (non-hydrogen) atoms. The molecule has 1 atom stereocenters. The topological polar surface area (TPSA) is 47.4 Å². The summed E-state index contributed by atoms with van der Waals surface area (Å²) in [5.41, 5.74) is 0.648. The van der Waals surface area contributed by atoms with Gasteiger partial charge in [-0.25, -0.2) is 9.18 Å². The highest BCUT2D eigenvalue weighted by Crippen LogP contribution is 2.26. The maximum atomic E-state index is 13.2. The van der Waals surface area contributed by atoms with Crippen LogP contribution in [0.4, 0.5) is 10.2 Å². The summed E-state index contributed by atoms with van der Waals surface area (Å²) in [6.07, 6.45) is 0. The molecule has 2 aromatic rings. The third kappa shape index (κ3) is 2.60. The number of hydrogen-bond donors (Lipinski definition) is 0. The number of nitrogens with zero attached hydrogens (tertiary/aromatic N) is 3. The molecule has 0 bridgehead atoms. The second-order valence-corrected chi connectivity index (χ2v) is 5.58. The van der Waals surface area contributed by atoms with Gasteiger partial charge in [0.05, 0.1) is 25.8 Å². The molecule has 2 aliphatic heterocycles. The van der Waals surface area contributed by atoms with Gasteiger partial charge >= 0.3 is 5.69 Å². The van der Waals surface area contributed by atoms with E-state index in [1.165, 1.54) is 12.1 Å². The molecule has 0 N–H and O–H groups in total. The molecular formula is C17H14FN3O2. The van der Waals surface area contributed by atoms with Crippen LogP contribution in [0.5, 0.6) is 0 Å². The second-order valence-electron chi connectivity index (χ2n) is 5.58. The normalized spacial score (nSPS) is 18.8. The molecule has 4 rings (SSSR count). The zero-order chi connectivity index (χ0) is 15.8. The molecule has 0 saturated carbocycles. The molecule has 116 valence electrons. The molecule has 1 aromatic carbocycles. The van der Waals surface area contributed by atoms with Crippen LogP contribution >= 0.6 is 0 Å². The standard InChI is InChI=1S/C17H14FN3O2/c18-13-3-1-2-12(8-13)4-5-14-9-16-20-6-7-23-11-15(20)10-21(16)17(22)19-14/h1-3,8-9,15H,6-7,10-11H2. The summed E-state index contributed by atoms with van der Waals surface area (Å²) in [5.74, 6) is 6.20. The van der Waals surface area contributed by atoms with Gasteiger partial charge in [0, 0.05) is 18.2 Å². The number of rotatable bonds is 0. The van der Waals surface area contributed by atoms with Crippen LogP contribution in [0, 0.1) is 17.7 Å². The van der Waals surface area contributed by atoms with Crippen LogP contribution in [0.25, 0.3) is 0 Å². The van der Waals surface area contributed by atoms with Crippen molar-refractivity contribution in [3.63, 3.8) is 0 Å². The Balaban J connectivity index is 1.70. The van der Waals surface area contributed by atoms with Crippen LogP contribution in [-0.2, 0) is 11.3 Å². The molecule has 0 radical (unpaired) electrons. The van der Waals surface area contributed by atoms with Gasteiger partial charge in [-0.3, -0.25) is 4.57 Å². The van der Waals surface area contributed by atoms with Crippen LogP contribution in [-0.4, -0.2) is 35.4 Å². The number of halogens is 1. The highest BCUT2D eigenvalue weighted by atomic mass is 19.1. The number of anilines is 1. The van der Waals surface area contributed by atoms with Crippen molar-refractivity contribution in [2.75, 3.05) is 24.7 Å². The third-order valence-corrected chi connectivity index (χ3v) is 4.06. The average molecular weight is 311 g/mol. The van der Waals surface area contributed by atoms with Gasteiger partial charge in [-0.1, -0.05) is 12.0 Å². The number of hydrogen-bond acceptors (Lipinski definition) is 4. The first-order valence-corrected chi connectivity index (χ1v) is 7.44. The van der Waals surface area contributed by atoms with Crippen molar-refractivity contribution in [3.8, 4) is 11.8 Å². The predicted molar refractivity (Wildman–Crippen MR) is 82.8 cm³/mol. The van der Waals surface area contributed by atoms with Gasteiger partial charge in [0.1, 0.15) is 17.3 Å². The molecule has 1 aromatic heterocycles. The summed E-state index contributed by atoms with van der Waals surface area (Å²) < 4.78 is 20.3. The molecule has 1 fully saturated rings. The molecular weight excluding hydrogens is 297 g/mol. The highest BCUT2D eigenvalue weighted by Gasteiger charge is 2.33. The van der Waals surface area contributed by atoms with E-state index in [2.05, 4.69) is 21.7 Å². The Bertz CT molecular complexity index is 881. The number of aromatic nitrogens is 2. The van der Waals surface area contributed by atoms with E-state index in [9.17, 15) is 9.18 Å². The van der Waals surface area contributed by atoms with Crippen molar-refractivity contribution in [2.24, 2.45) is 0 Å². The molecule has 0 amide bonds. The van der Waals surface area contributed by atoms with E-state index in [0.29, 0.717) is 31.0 Å². The third-order valence-electron chi connectivity index (χ3n) is 4.06. The van der Waals surface area contributed by atoms with Crippen molar-refractivity contribution >= 4 is 5.82 Å². The van der Waals surface area contributed by atoms with Crippen LogP contribution in [0.15, 0.2) is 35.1 Å². The predicted octanol–water partition coefficient (Wildman–Crippen LogP) is 1.00. The Morgan fingerprint density at radius 3 is 3.09 bits per heavy atom. The van der Waals surface area contributed by atoms with Crippen LogP contribution in [0.2, 0.25) is 0 Å². The molecule has 3 heterocycles. The Morgan fingerprint density at radius 2 is 2.22 bits per heavy atom. The minimum absolute atomic E-state index is 0.185. The van der Waals surface area contributed by atoms with E-state index < -0.39 is 0 Å². The smallest absolute Gasteiger partial charge is 0.350 e. The lowest BCUT2D eigenvalue weighted by Crippen LogP contribution is -2.43. The van der Waals surface area contributed by atoms with Gasteiger partial charge < -0.3 is 9.64 Å². The maximum Gasteiger partial charge on any atom is 0.350 e. The minimum atomic E-state index is -0.338. The van der Waals surface area contributed by atoms with Gasteiger partial charge in [-0.05, 0) is 24.1 Å². The van der Waals surface area contributed by atoms with E-state index >= 15 is 0 Å². The summed E-state index contributed by atoms with van der Waals surface area (Å²) in [7, 11) is 0. The largest absolute Gasteiger partial charge is 0.377 e. The van der Waals surface area contributed by atoms with Crippen molar-refractivity contribution in [1.82, 2.24) is 9.55 Å². The van der Waals surface area contributed by atoms with Crippen LogP contribution in [0.1, 0.15) is 11.3 Å². The Hall–Kier alpha value is -2.65. The van der Waals surface area contributed by atoms with E-state index in [4.69, 9.17) is 4.74 Å². The molecule has 0 spiro atoms. The summed E-state index contributed by atoms with van der Waals surface area (Å²) >= 11 is 0. The SMILES string of the molecule is O=c1nc(C#Cc2cccc(F)c2)cc2n1CC1COCCN21. The van der Waals surface area contributed by atoms with Crippen molar-refractivity contribution in [1.29, 1.82) is 0 Å². The summed E-state index contributed by atoms with van der Waals surface area (Å²) in [4.78, 5) is 18.4.